The molecule has 0 bridgehead atoms. The number of aryl methyl sites for hydroxylation is 6. The Labute approximate surface area is 195 Å². The molecule has 0 saturated carbocycles. The highest BCUT2D eigenvalue weighted by atomic mass is 15.1. The van der Waals surface area contributed by atoms with Crippen molar-refractivity contribution in [1.82, 2.24) is 10.2 Å². The van der Waals surface area contributed by atoms with Gasteiger partial charge in [0.1, 0.15) is 0 Å². The molecule has 1 heterocycles. The molecule has 0 saturated heterocycles. The van der Waals surface area contributed by atoms with Crippen LogP contribution in [0.5, 0.6) is 0 Å². The minimum atomic E-state index is 1.02. The summed E-state index contributed by atoms with van der Waals surface area (Å²) in [5.41, 5.74) is 13.0. The van der Waals surface area contributed by atoms with Crippen LogP contribution in [-0.2, 0) is 25.7 Å². The lowest BCUT2D eigenvalue weighted by molar-refractivity contribution is 0.886. The summed E-state index contributed by atoms with van der Waals surface area (Å²) in [5, 5.41) is 9.63. The van der Waals surface area contributed by atoms with E-state index in [-0.39, 0.29) is 0 Å². The molecule has 0 spiro atoms. The number of benzene rings is 2. The minimum Gasteiger partial charge on any atom is -0.150 e. The van der Waals surface area contributed by atoms with E-state index >= 15 is 0 Å². The molecular formula is C30H40N2. The Hall–Kier alpha value is -2.48. The highest BCUT2D eigenvalue weighted by molar-refractivity contribution is 5.72. The van der Waals surface area contributed by atoms with Crippen molar-refractivity contribution in [1.29, 1.82) is 0 Å². The van der Waals surface area contributed by atoms with Crippen LogP contribution in [0.3, 0.4) is 0 Å². The van der Waals surface area contributed by atoms with Crippen molar-refractivity contribution in [2.24, 2.45) is 0 Å². The van der Waals surface area contributed by atoms with Gasteiger partial charge in [-0.1, -0.05) is 88.8 Å². The van der Waals surface area contributed by atoms with Gasteiger partial charge in [-0.15, -0.1) is 10.2 Å². The third-order valence-corrected chi connectivity index (χ3v) is 6.15. The molecule has 170 valence electrons. The van der Waals surface area contributed by atoms with Crippen LogP contribution in [0.25, 0.3) is 22.5 Å². The van der Waals surface area contributed by atoms with Crippen LogP contribution < -0.4 is 0 Å². The third-order valence-electron chi connectivity index (χ3n) is 6.15. The van der Waals surface area contributed by atoms with E-state index < -0.39 is 0 Å². The Morgan fingerprint density at radius 1 is 0.500 bits per heavy atom. The van der Waals surface area contributed by atoms with E-state index in [0.717, 1.165) is 62.8 Å². The molecule has 2 heteroatoms. The average molecular weight is 429 g/mol. The molecule has 32 heavy (non-hydrogen) atoms. The van der Waals surface area contributed by atoms with Crippen molar-refractivity contribution in [3.63, 3.8) is 0 Å². The van der Waals surface area contributed by atoms with Gasteiger partial charge < -0.3 is 0 Å². The van der Waals surface area contributed by atoms with Crippen LogP contribution in [0.2, 0.25) is 0 Å². The zero-order valence-electron chi connectivity index (χ0n) is 21.0. The zero-order chi connectivity index (χ0) is 23.1. The Morgan fingerprint density at radius 3 is 1.00 bits per heavy atom. The topological polar surface area (TPSA) is 25.8 Å². The molecule has 3 rings (SSSR count). The van der Waals surface area contributed by atoms with Gasteiger partial charge in [0.15, 0.2) is 0 Å². The first-order chi connectivity index (χ1) is 15.5. The van der Waals surface area contributed by atoms with Crippen LogP contribution in [-0.4, -0.2) is 10.2 Å². The van der Waals surface area contributed by atoms with E-state index in [2.05, 4.69) is 77.9 Å². The molecule has 2 nitrogen and oxygen atoms in total. The molecule has 0 amide bonds. The molecule has 3 aromatic rings. The standard InChI is InChI=1S/C30H40N2/c1-7-11-23-17-21(5)18-24(12-8-2)29(23)27-15-16-28(32-31-27)30-25(13-9-3)19-22(6)20-26(30)14-10-4/h15-20H,7-14H2,1-6H3. The molecule has 0 aliphatic rings. The minimum absolute atomic E-state index is 1.02. The third kappa shape index (κ3) is 5.46. The van der Waals surface area contributed by atoms with Crippen molar-refractivity contribution in [3.8, 4) is 22.5 Å². The van der Waals surface area contributed by atoms with E-state index in [1.54, 1.807) is 0 Å². The Balaban J connectivity index is 2.12. The SMILES string of the molecule is CCCc1cc(C)cc(CCC)c1-c1ccc(-c2c(CCC)cc(C)cc2CCC)nn1. The molecule has 1 aromatic heterocycles. The monoisotopic (exact) mass is 428 g/mol. The van der Waals surface area contributed by atoms with Crippen LogP contribution >= 0.6 is 0 Å². The summed E-state index contributed by atoms with van der Waals surface area (Å²) in [6.07, 6.45) is 8.87. The van der Waals surface area contributed by atoms with Gasteiger partial charge in [0, 0.05) is 11.1 Å². The maximum Gasteiger partial charge on any atom is 0.0935 e. The van der Waals surface area contributed by atoms with E-state index in [9.17, 15) is 0 Å². The second-order valence-corrected chi connectivity index (χ2v) is 9.22. The summed E-state index contributed by atoms with van der Waals surface area (Å²) in [5.74, 6) is 0. The first kappa shape index (κ1) is 24.2. The van der Waals surface area contributed by atoms with Crippen molar-refractivity contribution >= 4 is 0 Å². The van der Waals surface area contributed by atoms with Gasteiger partial charge in [0.05, 0.1) is 11.4 Å². The Kier molecular flexibility index (Phi) is 8.61. The van der Waals surface area contributed by atoms with Gasteiger partial charge in [-0.25, -0.2) is 0 Å². The van der Waals surface area contributed by atoms with Crippen LogP contribution in [0.4, 0.5) is 0 Å². The number of nitrogens with zero attached hydrogens (tertiary/aromatic N) is 2. The normalized spacial score (nSPS) is 11.2. The highest BCUT2D eigenvalue weighted by Gasteiger charge is 2.16. The maximum atomic E-state index is 4.82. The first-order valence-electron chi connectivity index (χ1n) is 12.6. The Bertz CT molecular complexity index is 893. The number of aromatic nitrogens is 2. The molecular weight excluding hydrogens is 388 g/mol. The van der Waals surface area contributed by atoms with Gasteiger partial charge >= 0.3 is 0 Å². The van der Waals surface area contributed by atoms with E-state index in [0.29, 0.717) is 0 Å². The summed E-state index contributed by atoms with van der Waals surface area (Å²) in [6.45, 7) is 13.4. The van der Waals surface area contributed by atoms with Gasteiger partial charge in [-0.3, -0.25) is 0 Å². The highest BCUT2D eigenvalue weighted by Crippen LogP contribution is 2.33. The molecule has 0 unspecified atom stereocenters. The predicted molar refractivity (Wildman–Crippen MR) is 138 cm³/mol. The summed E-state index contributed by atoms with van der Waals surface area (Å²) in [6, 6.07) is 13.8. The molecule has 0 atom stereocenters. The number of hydrogen-bond acceptors (Lipinski definition) is 2. The van der Waals surface area contributed by atoms with Gasteiger partial charge in [-0.2, -0.15) is 0 Å². The second kappa shape index (κ2) is 11.4. The quantitative estimate of drug-likeness (QED) is 0.325. The maximum absolute atomic E-state index is 4.82. The summed E-state index contributed by atoms with van der Waals surface area (Å²) < 4.78 is 0. The molecule has 0 radical (unpaired) electrons. The molecule has 2 aromatic carbocycles. The summed E-state index contributed by atoms with van der Waals surface area (Å²) in [7, 11) is 0. The van der Waals surface area contributed by atoms with Crippen LogP contribution in [0.15, 0.2) is 36.4 Å². The fourth-order valence-electron chi connectivity index (χ4n) is 5.01. The average Bonchev–Trinajstić information content (AvgIpc) is 2.75. The van der Waals surface area contributed by atoms with E-state index in [4.69, 9.17) is 10.2 Å². The predicted octanol–water partition coefficient (Wildman–Crippen LogP) is 8.24. The van der Waals surface area contributed by atoms with Crippen LogP contribution in [0, 0.1) is 13.8 Å². The van der Waals surface area contributed by atoms with Crippen LogP contribution in [0.1, 0.15) is 86.8 Å². The van der Waals surface area contributed by atoms with E-state index in [1.165, 1.54) is 44.5 Å². The van der Waals surface area contributed by atoms with Gasteiger partial charge in [-0.05, 0) is 73.9 Å². The Morgan fingerprint density at radius 2 is 0.781 bits per heavy atom. The largest absolute Gasteiger partial charge is 0.150 e. The van der Waals surface area contributed by atoms with Crippen molar-refractivity contribution in [2.75, 3.05) is 0 Å². The number of hydrogen-bond donors (Lipinski definition) is 0. The molecule has 0 N–H and O–H groups in total. The summed E-state index contributed by atoms with van der Waals surface area (Å²) >= 11 is 0. The van der Waals surface area contributed by atoms with Gasteiger partial charge in [0.25, 0.3) is 0 Å². The molecule has 0 aliphatic heterocycles. The van der Waals surface area contributed by atoms with Crippen molar-refractivity contribution in [2.45, 2.75) is 92.9 Å². The fourth-order valence-corrected chi connectivity index (χ4v) is 5.01. The lowest BCUT2D eigenvalue weighted by atomic mass is 9.89. The lowest BCUT2D eigenvalue weighted by Gasteiger charge is -2.17. The summed E-state index contributed by atoms with van der Waals surface area (Å²) in [4.78, 5) is 0. The van der Waals surface area contributed by atoms with E-state index in [1.807, 2.05) is 0 Å². The fraction of sp³-hybridized carbons (Fsp3) is 0.467. The lowest BCUT2D eigenvalue weighted by Crippen LogP contribution is -2.03. The van der Waals surface area contributed by atoms with Gasteiger partial charge in [0.2, 0.25) is 0 Å². The molecule has 0 fully saturated rings. The smallest absolute Gasteiger partial charge is 0.0935 e. The second-order valence-electron chi connectivity index (χ2n) is 9.22. The molecule has 0 aliphatic carbocycles. The first-order valence-corrected chi connectivity index (χ1v) is 12.6. The number of rotatable bonds is 10. The van der Waals surface area contributed by atoms with Crippen molar-refractivity contribution in [3.05, 3.63) is 69.8 Å². The zero-order valence-corrected chi connectivity index (χ0v) is 21.0. The van der Waals surface area contributed by atoms with Crippen molar-refractivity contribution < 1.29 is 0 Å².